The highest BCUT2D eigenvalue weighted by Crippen LogP contribution is 2.14. The van der Waals surface area contributed by atoms with E-state index in [-0.39, 0.29) is 0 Å². The predicted octanol–water partition coefficient (Wildman–Crippen LogP) is 4.05. The van der Waals surface area contributed by atoms with Crippen LogP contribution in [0.5, 0.6) is 0 Å². The number of rotatable bonds is 7. The summed E-state index contributed by atoms with van der Waals surface area (Å²) in [6.45, 7) is 6.34. The van der Waals surface area contributed by atoms with Gasteiger partial charge in [0.15, 0.2) is 0 Å². The Labute approximate surface area is 87.9 Å². The quantitative estimate of drug-likeness (QED) is 0.339. The molecule has 0 aromatic heterocycles. The van der Waals surface area contributed by atoms with Crippen LogP contribution < -0.4 is 0 Å². The lowest BCUT2D eigenvalue weighted by molar-refractivity contribution is -0.107. The average molecular weight is 194 g/mol. The average Bonchev–Trinajstić information content (AvgIpc) is 2.15. The van der Waals surface area contributed by atoms with Crippen LogP contribution in [-0.2, 0) is 4.79 Å². The van der Waals surface area contributed by atoms with Gasteiger partial charge in [0.05, 0.1) is 0 Å². The smallest absolute Gasteiger partial charge is 0.120 e. The van der Waals surface area contributed by atoms with Crippen molar-refractivity contribution in [1.82, 2.24) is 0 Å². The normalized spacial score (nSPS) is 11.2. The number of carbonyl (C=O) groups is 1. The van der Waals surface area contributed by atoms with E-state index in [1.807, 2.05) is 0 Å². The van der Waals surface area contributed by atoms with Crippen LogP contribution in [0.1, 0.15) is 52.9 Å². The van der Waals surface area contributed by atoms with Gasteiger partial charge in [-0.25, -0.2) is 0 Å². The van der Waals surface area contributed by atoms with E-state index in [0.717, 1.165) is 32.0 Å². The van der Waals surface area contributed by atoms with Crippen LogP contribution in [0.15, 0.2) is 23.3 Å². The number of aldehydes is 1. The lowest BCUT2D eigenvalue weighted by atomic mass is 10.0. The fraction of sp³-hybridized carbons (Fsp3) is 0.615. The molecular weight excluding hydrogens is 172 g/mol. The molecule has 0 amide bonds. The molecule has 0 unspecified atom stereocenters. The first-order valence-corrected chi connectivity index (χ1v) is 5.41. The van der Waals surface area contributed by atoms with Crippen molar-refractivity contribution in [1.29, 1.82) is 0 Å². The van der Waals surface area contributed by atoms with Crippen LogP contribution >= 0.6 is 0 Å². The van der Waals surface area contributed by atoms with E-state index in [9.17, 15) is 4.79 Å². The maximum atomic E-state index is 10.1. The van der Waals surface area contributed by atoms with Gasteiger partial charge in [-0.05, 0) is 46.5 Å². The van der Waals surface area contributed by atoms with Crippen LogP contribution in [0, 0.1) is 0 Å². The lowest BCUT2D eigenvalue weighted by Crippen LogP contribution is -1.85. The summed E-state index contributed by atoms with van der Waals surface area (Å²) >= 11 is 0. The molecule has 1 heteroatoms. The highest BCUT2D eigenvalue weighted by atomic mass is 16.1. The molecule has 0 bridgehead atoms. The molecule has 14 heavy (non-hydrogen) atoms. The van der Waals surface area contributed by atoms with Crippen LogP contribution in [-0.4, -0.2) is 6.29 Å². The second-order valence-electron chi connectivity index (χ2n) is 3.83. The SMILES string of the molecule is C/C=C(\CCC=C(C)C)CCCC=O. The molecule has 0 rings (SSSR count). The number of carbonyl (C=O) groups excluding carboxylic acids is 1. The Morgan fingerprint density at radius 3 is 2.36 bits per heavy atom. The molecule has 0 saturated heterocycles. The first-order valence-electron chi connectivity index (χ1n) is 5.41. The van der Waals surface area contributed by atoms with Crippen molar-refractivity contribution >= 4 is 6.29 Å². The highest BCUT2D eigenvalue weighted by molar-refractivity contribution is 5.49. The van der Waals surface area contributed by atoms with Crippen LogP contribution in [0.4, 0.5) is 0 Å². The number of allylic oxidation sites excluding steroid dienone is 4. The van der Waals surface area contributed by atoms with E-state index in [1.54, 1.807) is 0 Å². The lowest BCUT2D eigenvalue weighted by Gasteiger charge is -2.03. The van der Waals surface area contributed by atoms with Gasteiger partial charge < -0.3 is 4.79 Å². The van der Waals surface area contributed by atoms with Gasteiger partial charge in [-0.15, -0.1) is 0 Å². The first-order chi connectivity index (χ1) is 6.70. The molecule has 0 aliphatic carbocycles. The van der Waals surface area contributed by atoms with E-state index >= 15 is 0 Å². The molecule has 0 radical (unpaired) electrons. The van der Waals surface area contributed by atoms with Gasteiger partial charge >= 0.3 is 0 Å². The molecule has 0 aromatic carbocycles. The van der Waals surface area contributed by atoms with Crippen molar-refractivity contribution < 1.29 is 4.79 Å². The van der Waals surface area contributed by atoms with E-state index in [2.05, 4.69) is 32.9 Å². The Hall–Kier alpha value is -0.850. The molecule has 0 N–H and O–H groups in total. The van der Waals surface area contributed by atoms with Crippen molar-refractivity contribution in [3.63, 3.8) is 0 Å². The molecule has 0 atom stereocenters. The van der Waals surface area contributed by atoms with E-state index in [4.69, 9.17) is 0 Å². The summed E-state index contributed by atoms with van der Waals surface area (Å²) in [4.78, 5) is 10.1. The third-order valence-corrected chi connectivity index (χ3v) is 2.25. The van der Waals surface area contributed by atoms with Crippen molar-refractivity contribution in [2.24, 2.45) is 0 Å². The minimum atomic E-state index is 0.694. The topological polar surface area (TPSA) is 17.1 Å². The summed E-state index contributed by atoms with van der Waals surface area (Å²) < 4.78 is 0. The summed E-state index contributed by atoms with van der Waals surface area (Å²) in [6, 6.07) is 0. The second kappa shape index (κ2) is 8.74. The fourth-order valence-corrected chi connectivity index (χ4v) is 1.37. The van der Waals surface area contributed by atoms with Crippen molar-refractivity contribution in [2.45, 2.75) is 52.9 Å². The third kappa shape index (κ3) is 7.78. The predicted molar refractivity (Wildman–Crippen MR) is 62.3 cm³/mol. The van der Waals surface area contributed by atoms with Crippen molar-refractivity contribution in [2.75, 3.05) is 0 Å². The summed E-state index contributed by atoms with van der Waals surface area (Å²) in [7, 11) is 0. The van der Waals surface area contributed by atoms with Gasteiger partial charge in [-0.1, -0.05) is 23.3 Å². The van der Waals surface area contributed by atoms with Crippen molar-refractivity contribution in [3.05, 3.63) is 23.3 Å². The summed E-state index contributed by atoms with van der Waals surface area (Å²) in [5, 5.41) is 0. The van der Waals surface area contributed by atoms with E-state index in [0.29, 0.717) is 6.42 Å². The highest BCUT2D eigenvalue weighted by Gasteiger charge is 1.95. The van der Waals surface area contributed by atoms with Gasteiger partial charge in [0.2, 0.25) is 0 Å². The molecule has 0 aliphatic heterocycles. The monoisotopic (exact) mass is 194 g/mol. The molecule has 1 nitrogen and oxygen atoms in total. The minimum Gasteiger partial charge on any atom is -0.303 e. The molecule has 0 spiro atoms. The molecule has 80 valence electrons. The van der Waals surface area contributed by atoms with Crippen molar-refractivity contribution in [3.8, 4) is 0 Å². The van der Waals surface area contributed by atoms with E-state index < -0.39 is 0 Å². The maximum Gasteiger partial charge on any atom is 0.120 e. The maximum absolute atomic E-state index is 10.1. The number of hydrogen-bond donors (Lipinski definition) is 0. The largest absolute Gasteiger partial charge is 0.303 e. The Balaban J connectivity index is 3.70. The Morgan fingerprint density at radius 2 is 1.86 bits per heavy atom. The third-order valence-electron chi connectivity index (χ3n) is 2.25. The van der Waals surface area contributed by atoms with Gasteiger partial charge in [-0.3, -0.25) is 0 Å². The van der Waals surface area contributed by atoms with Gasteiger partial charge in [0.1, 0.15) is 6.29 Å². The molecule has 0 saturated carbocycles. The zero-order valence-electron chi connectivity index (χ0n) is 9.68. The van der Waals surface area contributed by atoms with E-state index in [1.165, 1.54) is 11.1 Å². The van der Waals surface area contributed by atoms with Gasteiger partial charge in [-0.2, -0.15) is 0 Å². The summed E-state index contributed by atoms with van der Waals surface area (Å²) in [6.07, 6.45) is 10.5. The first kappa shape index (κ1) is 13.2. The molecule has 0 fully saturated rings. The Morgan fingerprint density at radius 1 is 1.14 bits per heavy atom. The Bertz CT molecular complexity index is 207. The molecular formula is C13H22O. The zero-order valence-corrected chi connectivity index (χ0v) is 9.68. The van der Waals surface area contributed by atoms with Gasteiger partial charge in [0.25, 0.3) is 0 Å². The minimum absolute atomic E-state index is 0.694. The Kier molecular flexibility index (Phi) is 8.20. The standard InChI is InChI=1S/C13H22O/c1-4-13(9-5-6-11-14)10-7-8-12(2)3/h4,8,11H,5-7,9-10H2,1-3H3/b13-4-. The molecule has 0 aromatic rings. The summed E-state index contributed by atoms with van der Waals surface area (Å²) in [5.74, 6) is 0. The van der Waals surface area contributed by atoms with Crippen LogP contribution in [0.2, 0.25) is 0 Å². The second-order valence-corrected chi connectivity index (χ2v) is 3.83. The number of hydrogen-bond acceptors (Lipinski definition) is 1. The molecule has 0 heterocycles. The fourth-order valence-electron chi connectivity index (χ4n) is 1.37. The van der Waals surface area contributed by atoms with Crippen LogP contribution in [0.25, 0.3) is 0 Å². The van der Waals surface area contributed by atoms with Gasteiger partial charge in [0, 0.05) is 6.42 Å². The zero-order chi connectivity index (χ0) is 10.8. The summed E-state index contributed by atoms with van der Waals surface area (Å²) in [5.41, 5.74) is 2.86. The van der Waals surface area contributed by atoms with Crippen LogP contribution in [0.3, 0.4) is 0 Å². The number of unbranched alkanes of at least 4 members (excludes halogenated alkanes) is 1. The molecule has 0 aliphatic rings.